The Labute approximate surface area is 165 Å². The quantitative estimate of drug-likeness (QED) is 0.464. The van der Waals surface area contributed by atoms with Crippen LogP contribution < -0.4 is 10.1 Å². The minimum atomic E-state index is -0.347. The molecule has 0 unspecified atom stereocenters. The van der Waals surface area contributed by atoms with Crippen LogP contribution in [0.25, 0.3) is 0 Å². The number of rotatable bonds is 6. The van der Waals surface area contributed by atoms with Crippen LogP contribution in [0.1, 0.15) is 39.2 Å². The Morgan fingerprint density at radius 3 is 2.18 bits per heavy atom. The number of fused-ring (bicyclic) bond motifs is 1. The highest BCUT2D eigenvalue weighted by Gasteiger charge is 2.47. The molecule has 1 aromatic rings. The van der Waals surface area contributed by atoms with Crippen molar-refractivity contribution in [3.8, 4) is 5.75 Å². The van der Waals surface area contributed by atoms with Crippen LogP contribution in [0.4, 0.5) is 0 Å². The first-order valence-corrected chi connectivity index (χ1v) is 9.77. The lowest BCUT2D eigenvalue weighted by Crippen LogP contribution is -2.42. The Hall–Kier alpha value is -2.63. The average molecular weight is 384 g/mol. The summed E-state index contributed by atoms with van der Waals surface area (Å²) in [6, 6.07) is 7.90. The van der Waals surface area contributed by atoms with E-state index in [1.807, 2.05) is 36.4 Å². The number of amides is 3. The van der Waals surface area contributed by atoms with Crippen molar-refractivity contribution in [3.63, 3.8) is 0 Å². The number of hydrogen-bond acceptors (Lipinski definition) is 4. The van der Waals surface area contributed by atoms with Gasteiger partial charge in [0.05, 0.1) is 18.4 Å². The van der Waals surface area contributed by atoms with Gasteiger partial charge in [0.15, 0.2) is 0 Å². The second-order valence-electron chi connectivity index (χ2n) is 8.39. The number of allylic oxidation sites excluding steroid dienone is 2. The Morgan fingerprint density at radius 2 is 1.64 bits per heavy atom. The number of imide groups is 1. The summed E-state index contributed by atoms with van der Waals surface area (Å²) in [5.74, 6) is -0.674. The summed E-state index contributed by atoms with van der Waals surface area (Å²) in [6.07, 6.45) is 5.02. The van der Waals surface area contributed by atoms with Gasteiger partial charge in [0.25, 0.3) is 0 Å². The monoisotopic (exact) mass is 384 g/mol. The van der Waals surface area contributed by atoms with Gasteiger partial charge in [0.2, 0.25) is 17.7 Å². The fourth-order valence-electron chi connectivity index (χ4n) is 3.63. The van der Waals surface area contributed by atoms with E-state index in [-0.39, 0.29) is 41.5 Å². The molecule has 1 saturated heterocycles. The molecule has 150 valence electrons. The van der Waals surface area contributed by atoms with Crippen LogP contribution in [-0.2, 0) is 19.8 Å². The fraction of sp³-hybridized carbons (Fsp3) is 0.500. The van der Waals surface area contributed by atoms with Gasteiger partial charge in [-0.25, -0.2) is 0 Å². The van der Waals surface area contributed by atoms with Gasteiger partial charge in [0.1, 0.15) is 18.9 Å². The SMILES string of the molecule is CC(C)(C)c1ccc(OCCNC(=O)CN2C(=O)[C@H]3CC=CC[C@@H]3C2=O)cc1. The zero-order chi connectivity index (χ0) is 20.3. The van der Waals surface area contributed by atoms with Crippen LogP contribution in [0.5, 0.6) is 5.75 Å². The molecule has 28 heavy (non-hydrogen) atoms. The smallest absolute Gasteiger partial charge is 0.240 e. The van der Waals surface area contributed by atoms with Crippen molar-refractivity contribution in [3.05, 3.63) is 42.0 Å². The number of carbonyl (C=O) groups excluding carboxylic acids is 3. The number of ether oxygens (including phenoxy) is 1. The third-order valence-corrected chi connectivity index (χ3v) is 5.31. The van der Waals surface area contributed by atoms with Gasteiger partial charge in [0, 0.05) is 0 Å². The highest BCUT2D eigenvalue weighted by Crippen LogP contribution is 2.34. The number of benzene rings is 1. The molecule has 0 bridgehead atoms. The Morgan fingerprint density at radius 1 is 1.07 bits per heavy atom. The molecule has 1 aliphatic carbocycles. The minimum Gasteiger partial charge on any atom is -0.492 e. The second-order valence-corrected chi connectivity index (χ2v) is 8.39. The summed E-state index contributed by atoms with van der Waals surface area (Å²) in [6.45, 7) is 6.87. The van der Waals surface area contributed by atoms with Crippen LogP contribution in [0.2, 0.25) is 0 Å². The molecule has 3 rings (SSSR count). The van der Waals surface area contributed by atoms with Crippen molar-refractivity contribution in [2.75, 3.05) is 19.7 Å². The number of carbonyl (C=O) groups is 3. The lowest BCUT2D eigenvalue weighted by atomic mass is 9.85. The van der Waals surface area contributed by atoms with Crippen LogP contribution in [-0.4, -0.2) is 42.3 Å². The zero-order valence-corrected chi connectivity index (χ0v) is 16.7. The summed E-state index contributed by atoms with van der Waals surface area (Å²) in [7, 11) is 0. The fourth-order valence-corrected chi connectivity index (χ4v) is 3.63. The van der Waals surface area contributed by atoms with E-state index in [1.165, 1.54) is 5.56 Å². The first kappa shape index (κ1) is 20.1. The van der Waals surface area contributed by atoms with E-state index in [1.54, 1.807) is 0 Å². The number of likely N-dealkylation sites (tertiary alicyclic amines) is 1. The van der Waals surface area contributed by atoms with E-state index in [2.05, 4.69) is 26.1 Å². The molecule has 6 nitrogen and oxygen atoms in total. The molecule has 0 radical (unpaired) electrons. The Kier molecular flexibility index (Phi) is 5.87. The average Bonchev–Trinajstić information content (AvgIpc) is 2.90. The molecule has 1 N–H and O–H groups in total. The van der Waals surface area contributed by atoms with E-state index < -0.39 is 0 Å². The molecule has 0 spiro atoms. The van der Waals surface area contributed by atoms with Crippen molar-refractivity contribution in [1.82, 2.24) is 10.2 Å². The Balaban J connectivity index is 1.41. The van der Waals surface area contributed by atoms with Crippen molar-refractivity contribution in [2.45, 2.75) is 39.0 Å². The maximum Gasteiger partial charge on any atom is 0.240 e. The predicted octanol–water partition coefficient (Wildman–Crippen LogP) is 2.43. The maximum absolute atomic E-state index is 12.4. The zero-order valence-electron chi connectivity index (χ0n) is 16.7. The number of nitrogens with zero attached hydrogens (tertiary/aromatic N) is 1. The van der Waals surface area contributed by atoms with E-state index in [9.17, 15) is 14.4 Å². The van der Waals surface area contributed by atoms with Gasteiger partial charge in [-0.2, -0.15) is 0 Å². The summed E-state index contributed by atoms with van der Waals surface area (Å²) in [5.41, 5.74) is 1.31. The summed E-state index contributed by atoms with van der Waals surface area (Å²) in [4.78, 5) is 38.0. The minimum absolute atomic E-state index is 0.0878. The molecule has 0 aromatic heterocycles. The van der Waals surface area contributed by atoms with Crippen molar-refractivity contribution < 1.29 is 19.1 Å². The second kappa shape index (κ2) is 8.17. The van der Waals surface area contributed by atoms with Crippen LogP contribution in [0.3, 0.4) is 0 Å². The highest BCUT2D eigenvalue weighted by molar-refractivity contribution is 6.07. The van der Waals surface area contributed by atoms with Gasteiger partial charge in [-0.15, -0.1) is 0 Å². The first-order chi connectivity index (χ1) is 13.3. The lowest BCUT2D eigenvalue weighted by Gasteiger charge is -2.19. The standard InChI is InChI=1S/C22H28N2O4/c1-22(2,3)15-8-10-16(11-9-15)28-13-12-23-19(25)14-24-20(26)17-6-4-5-7-18(17)21(24)27/h4-5,8-11,17-18H,6-7,12-14H2,1-3H3,(H,23,25)/t17-,18-/m0/s1. The summed E-state index contributed by atoms with van der Waals surface area (Å²) >= 11 is 0. The van der Waals surface area contributed by atoms with E-state index in [4.69, 9.17) is 4.74 Å². The molecule has 3 amide bonds. The van der Waals surface area contributed by atoms with Crippen molar-refractivity contribution in [2.24, 2.45) is 11.8 Å². The summed E-state index contributed by atoms with van der Waals surface area (Å²) in [5, 5.41) is 2.71. The van der Waals surface area contributed by atoms with Crippen LogP contribution in [0, 0.1) is 11.8 Å². The number of nitrogens with one attached hydrogen (secondary N) is 1. The third kappa shape index (κ3) is 4.43. The maximum atomic E-state index is 12.4. The summed E-state index contributed by atoms with van der Waals surface area (Å²) < 4.78 is 5.64. The Bertz CT molecular complexity index is 751. The molecule has 2 aliphatic rings. The van der Waals surface area contributed by atoms with Gasteiger partial charge in [-0.3, -0.25) is 19.3 Å². The molecule has 6 heteroatoms. The highest BCUT2D eigenvalue weighted by atomic mass is 16.5. The van der Waals surface area contributed by atoms with Gasteiger partial charge in [-0.05, 0) is 36.0 Å². The van der Waals surface area contributed by atoms with Crippen molar-refractivity contribution in [1.29, 1.82) is 0 Å². The first-order valence-electron chi connectivity index (χ1n) is 9.77. The van der Waals surface area contributed by atoms with Crippen LogP contribution >= 0.6 is 0 Å². The molecular weight excluding hydrogens is 356 g/mol. The molecular formula is C22H28N2O4. The van der Waals surface area contributed by atoms with Crippen molar-refractivity contribution >= 4 is 17.7 Å². The largest absolute Gasteiger partial charge is 0.492 e. The van der Waals surface area contributed by atoms with Gasteiger partial charge >= 0.3 is 0 Å². The van der Waals surface area contributed by atoms with E-state index in [0.29, 0.717) is 26.0 Å². The molecule has 2 atom stereocenters. The number of hydrogen-bond donors (Lipinski definition) is 1. The normalized spacial score (nSPS) is 21.6. The predicted molar refractivity (Wildman–Crippen MR) is 106 cm³/mol. The van der Waals surface area contributed by atoms with E-state index >= 15 is 0 Å². The molecule has 1 fully saturated rings. The molecule has 0 saturated carbocycles. The van der Waals surface area contributed by atoms with Gasteiger partial charge in [-0.1, -0.05) is 45.1 Å². The van der Waals surface area contributed by atoms with Crippen LogP contribution in [0.15, 0.2) is 36.4 Å². The van der Waals surface area contributed by atoms with E-state index in [0.717, 1.165) is 10.6 Å². The van der Waals surface area contributed by atoms with Gasteiger partial charge < -0.3 is 10.1 Å². The third-order valence-electron chi connectivity index (χ3n) is 5.31. The molecule has 1 aliphatic heterocycles. The topological polar surface area (TPSA) is 75.7 Å². The molecule has 1 aromatic carbocycles. The lowest BCUT2D eigenvalue weighted by molar-refractivity contribution is -0.143. The molecule has 1 heterocycles.